The van der Waals surface area contributed by atoms with Gasteiger partial charge in [0.2, 0.25) is 5.91 Å². The van der Waals surface area contributed by atoms with Gasteiger partial charge in [0.1, 0.15) is 17.6 Å². The maximum atomic E-state index is 12.7. The zero-order chi connectivity index (χ0) is 22.0. The summed E-state index contributed by atoms with van der Waals surface area (Å²) in [5.41, 5.74) is 4.08. The summed E-state index contributed by atoms with van der Waals surface area (Å²) in [4.78, 5) is 25.3. The van der Waals surface area contributed by atoms with Crippen LogP contribution in [0.15, 0.2) is 48.5 Å². The Morgan fingerprint density at radius 2 is 1.97 bits per heavy atom. The summed E-state index contributed by atoms with van der Waals surface area (Å²) in [6.07, 6.45) is -0.0249. The van der Waals surface area contributed by atoms with E-state index in [-0.39, 0.29) is 24.8 Å². The Morgan fingerprint density at radius 1 is 1.19 bits per heavy atom. The van der Waals surface area contributed by atoms with E-state index in [0.717, 1.165) is 22.4 Å². The predicted octanol–water partition coefficient (Wildman–Crippen LogP) is 3.54. The van der Waals surface area contributed by atoms with Crippen LogP contribution in [-0.2, 0) is 20.9 Å². The second kappa shape index (κ2) is 8.61. The molecule has 0 fully saturated rings. The van der Waals surface area contributed by atoms with Gasteiger partial charge < -0.3 is 20.1 Å². The third-order valence-electron chi connectivity index (χ3n) is 5.16. The van der Waals surface area contributed by atoms with Gasteiger partial charge in [0.05, 0.1) is 25.8 Å². The highest BCUT2D eigenvalue weighted by Crippen LogP contribution is 2.39. The van der Waals surface area contributed by atoms with Crippen molar-refractivity contribution in [3.63, 3.8) is 0 Å². The van der Waals surface area contributed by atoms with Gasteiger partial charge in [0, 0.05) is 18.4 Å². The van der Waals surface area contributed by atoms with Crippen LogP contribution in [0.2, 0.25) is 0 Å². The van der Waals surface area contributed by atoms with Gasteiger partial charge in [-0.25, -0.2) is 4.68 Å². The smallest absolute Gasteiger partial charge is 0.251 e. The number of fused-ring (bicyclic) bond motifs is 1. The minimum absolute atomic E-state index is 0.0249. The molecule has 3 aromatic rings. The van der Waals surface area contributed by atoms with E-state index in [1.54, 1.807) is 18.9 Å². The molecule has 31 heavy (non-hydrogen) atoms. The van der Waals surface area contributed by atoms with Crippen LogP contribution in [-0.4, -0.2) is 35.8 Å². The lowest BCUT2D eigenvalue weighted by Crippen LogP contribution is -2.24. The van der Waals surface area contributed by atoms with Crippen LogP contribution in [0.3, 0.4) is 0 Å². The van der Waals surface area contributed by atoms with Gasteiger partial charge in [-0.3, -0.25) is 9.59 Å². The molecule has 2 heterocycles. The van der Waals surface area contributed by atoms with Crippen molar-refractivity contribution in [1.29, 1.82) is 0 Å². The number of carbonyl (C=O) groups excluding carboxylic acids is 2. The molecule has 0 bridgehead atoms. The number of benzene rings is 2. The van der Waals surface area contributed by atoms with Crippen molar-refractivity contribution in [2.45, 2.75) is 26.0 Å². The predicted molar refractivity (Wildman–Crippen MR) is 117 cm³/mol. The molecule has 0 aliphatic carbocycles. The highest BCUT2D eigenvalue weighted by Gasteiger charge is 2.37. The van der Waals surface area contributed by atoms with E-state index in [2.05, 4.69) is 15.7 Å². The van der Waals surface area contributed by atoms with E-state index in [9.17, 15) is 9.59 Å². The topological polar surface area (TPSA) is 94.5 Å². The van der Waals surface area contributed by atoms with E-state index < -0.39 is 6.04 Å². The quantitative estimate of drug-likeness (QED) is 0.610. The van der Waals surface area contributed by atoms with Crippen molar-refractivity contribution < 1.29 is 19.1 Å². The summed E-state index contributed by atoms with van der Waals surface area (Å²) < 4.78 is 12.1. The Balaban J connectivity index is 1.62. The highest BCUT2D eigenvalue weighted by atomic mass is 16.5. The highest BCUT2D eigenvalue weighted by molar-refractivity contribution is 6.04. The van der Waals surface area contributed by atoms with Gasteiger partial charge in [-0.15, -0.1) is 0 Å². The fourth-order valence-corrected chi connectivity index (χ4v) is 3.73. The maximum Gasteiger partial charge on any atom is 0.251 e. The van der Waals surface area contributed by atoms with Gasteiger partial charge in [-0.1, -0.05) is 24.3 Å². The second-order valence-electron chi connectivity index (χ2n) is 7.40. The standard InChI is InChI=1S/C23H24N4O4/c1-14-5-4-6-16(11-14)24-20(28)12-19-23(29)25-22-21(18(13-30-2)26-27(19)22)15-7-9-17(31-3)10-8-15/h4-11,19H,12-13H2,1-3H3,(H,24,28)(H,25,29). The van der Waals surface area contributed by atoms with Crippen LogP contribution in [0, 0.1) is 6.92 Å². The molecule has 2 aromatic carbocycles. The summed E-state index contributed by atoms with van der Waals surface area (Å²) in [6, 6.07) is 14.3. The third-order valence-corrected chi connectivity index (χ3v) is 5.16. The van der Waals surface area contributed by atoms with Gasteiger partial charge in [-0.2, -0.15) is 5.10 Å². The summed E-state index contributed by atoms with van der Waals surface area (Å²) in [5.74, 6) is 0.778. The number of aromatic nitrogens is 2. The number of aryl methyl sites for hydroxylation is 1. The zero-order valence-corrected chi connectivity index (χ0v) is 17.6. The van der Waals surface area contributed by atoms with Gasteiger partial charge in [0.25, 0.3) is 5.91 Å². The fraction of sp³-hybridized carbons (Fsp3) is 0.261. The van der Waals surface area contributed by atoms with Gasteiger partial charge in [0.15, 0.2) is 0 Å². The van der Waals surface area contributed by atoms with Crippen LogP contribution < -0.4 is 15.4 Å². The second-order valence-corrected chi connectivity index (χ2v) is 7.40. The molecule has 1 aromatic heterocycles. The third kappa shape index (κ3) is 4.15. The normalized spacial score (nSPS) is 14.8. The van der Waals surface area contributed by atoms with E-state index in [0.29, 0.717) is 17.2 Å². The van der Waals surface area contributed by atoms with Crippen LogP contribution in [0.1, 0.15) is 23.7 Å². The molecule has 1 atom stereocenters. The van der Waals surface area contributed by atoms with Crippen LogP contribution >= 0.6 is 0 Å². The Morgan fingerprint density at radius 3 is 2.65 bits per heavy atom. The van der Waals surface area contributed by atoms with Crippen molar-refractivity contribution in [1.82, 2.24) is 9.78 Å². The first kappa shape index (κ1) is 20.6. The Kier molecular flexibility index (Phi) is 5.73. The zero-order valence-electron chi connectivity index (χ0n) is 17.6. The van der Waals surface area contributed by atoms with Gasteiger partial charge >= 0.3 is 0 Å². The lowest BCUT2D eigenvalue weighted by atomic mass is 10.1. The Hall–Kier alpha value is -3.65. The number of nitrogens with one attached hydrogen (secondary N) is 2. The number of hydrogen-bond donors (Lipinski definition) is 2. The van der Waals surface area contributed by atoms with Crippen molar-refractivity contribution >= 4 is 23.3 Å². The lowest BCUT2D eigenvalue weighted by Gasteiger charge is -2.10. The molecule has 4 rings (SSSR count). The fourth-order valence-electron chi connectivity index (χ4n) is 3.73. The number of methoxy groups -OCH3 is 2. The summed E-state index contributed by atoms with van der Waals surface area (Å²) >= 11 is 0. The Labute approximate surface area is 180 Å². The lowest BCUT2D eigenvalue weighted by molar-refractivity contribution is -0.123. The van der Waals surface area contributed by atoms with Crippen LogP contribution in [0.5, 0.6) is 5.75 Å². The molecule has 0 saturated carbocycles. The molecule has 1 aliphatic rings. The minimum atomic E-state index is -0.734. The summed E-state index contributed by atoms with van der Waals surface area (Å²) in [7, 11) is 3.20. The number of anilines is 2. The summed E-state index contributed by atoms with van der Waals surface area (Å²) in [5, 5.41) is 10.4. The number of ether oxygens (including phenoxy) is 2. The van der Waals surface area contributed by atoms with E-state index in [1.165, 1.54) is 0 Å². The maximum absolute atomic E-state index is 12.7. The number of amides is 2. The average molecular weight is 420 g/mol. The van der Waals surface area contributed by atoms with Crippen LogP contribution in [0.4, 0.5) is 11.5 Å². The molecule has 2 amide bonds. The minimum Gasteiger partial charge on any atom is -0.497 e. The van der Waals surface area contributed by atoms with Crippen molar-refractivity contribution in [2.24, 2.45) is 0 Å². The molecule has 2 N–H and O–H groups in total. The molecule has 160 valence electrons. The molecule has 0 radical (unpaired) electrons. The largest absolute Gasteiger partial charge is 0.497 e. The van der Waals surface area contributed by atoms with Crippen LogP contribution in [0.25, 0.3) is 11.1 Å². The first-order valence-electron chi connectivity index (χ1n) is 9.92. The van der Waals surface area contributed by atoms with E-state index >= 15 is 0 Å². The molecule has 1 unspecified atom stereocenters. The van der Waals surface area contributed by atoms with Gasteiger partial charge in [-0.05, 0) is 42.3 Å². The molecule has 0 saturated heterocycles. The number of rotatable bonds is 7. The molecular weight excluding hydrogens is 396 g/mol. The molecule has 8 nitrogen and oxygen atoms in total. The number of nitrogens with zero attached hydrogens (tertiary/aromatic N) is 2. The monoisotopic (exact) mass is 420 g/mol. The molecule has 1 aliphatic heterocycles. The van der Waals surface area contributed by atoms with E-state index in [1.807, 2.05) is 55.5 Å². The Bertz CT molecular complexity index is 1120. The molecule has 8 heteroatoms. The average Bonchev–Trinajstić information content (AvgIpc) is 3.23. The van der Waals surface area contributed by atoms with E-state index in [4.69, 9.17) is 9.47 Å². The van der Waals surface area contributed by atoms with Crippen molar-refractivity contribution in [3.05, 3.63) is 59.8 Å². The SMILES string of the molecule is COCc1nn2c(c1-c1ccc(OC)cc1)NC(=O)C2CC(=O)Nc1cccc(C)c1. The first-order valence-corrected chi connectivity index (χ1v) is 9.92. The molecular formula is C23H24N4O4. The summed E-state index contributed by atoms with van der Waals surface area (Å²) in [6.45, 7) is 2.23. The number of carbonyl (C=O) groups is 2. The molecule has 0 spiro atoms. The van der Waals surface area contributed by atoms with Crippen molar-refractivity contribution in [2.75, 3.05) is 24.9 Å². The van der Waals surface area contributed by atoms with Crippen molar-refractivity contribution in [3.8, 4) is 16.9 Å². The first-order chi connectivity index (χ1) is 15.0. The number of hydrogen-bond acceptors (Lipinski definition) is 5.